The van der Waals surface area contributed by atoms with Crippen molar-refractivity contribution in [3.8, 4) is 0 Å². The molecule has 1 N–H and O–H groups in total. The third-order valence-corrected chi connectivity index (χ3v) is 4.73. The van der Waals surface area contributed by atoms with E-state index in [-0.39, 0.29) is 17.0 Å². The second kappa shape index (κ2) is 4.61. The largest absolute Gasteiger partial charge is 0.315 e. The number of halogens is 2. The van der Waals surface area contributed by atoms with Crippen LogP contribution in [0.4, 0.5) is 8.78 Å². The van der Waals surface area contributed by atoms with Gasteiger partial charge in [-0.05, 0) is 48.9 Å². The maximum Gasteiger partial charge on any atom is 0.126 e. The topological polar surface area (TPSA) is 12.0 Å². The molecule has 2 fully saturated rings. The van der Waals surface area contributed by atoms with Crippen LogP contribution < -0.4 is 5.32 Å². The number of hydrogen-bond acceptors (Lipinski definition) is 1. The van der Waals surface area contributed by atoms with E-state index < -0.39 is 0 Å². The van der Waals surface area contributed by atoms with Crippen LogP contribution in [0.3, 0.4) is 0 Å². The van der Waals surface area contributed by atoms with Crippen molar-refractivity contribution in [2.45, 2.75) is 32.1 Å². The van der Waals surface area contributed by atoms with Gasteiger partial charge in [0.2, 0.25) is 0 Å². The fraction of sp³-hybridized carbons (Fsp3) is 0.600. The minimum Gasteiger partial charge on any atom is -0.315 e. The summed E-state index contributed by atoms with van der Waals surface area (Å²) in [6.07, 6.45) is 5.75. The molecule has 98 valence electrons. The maximum atomic E-state index is 13.8. The minimum absolute atomic E-state index is 0.172. The summed E-state index contributed by atoms with van der Waals surface area (Å²) in [5, 5.41) is 3.32. The smallest absolute Gasteiger partial charge is 0.126 e. The maximum absolute atomic E-state index is 13.8. The molecule has 0 unspecified atom stereocenters. The highest BCUT2D eigenvalue weighted by molar-refractivity contribution is 5.22. The zero-order chi connectivity index (χ0) is 12.6. The fourth-order valence-corrected chi connectivity index (χ4v) is 3.60. The fourth-order valence-electron chi connectivity index (χ4n) is 3.60. The highest BCUT2D eigenvalue weighted by atomic mass is 19.1. The summed E-state index contributed by atoms with van der Waals surface area (Å²) >= 11 is 0. The number of hydrogen-bond donors (Lipinski definition) is 1. The summed E-state index contributed by atoms with van der Waals surface area (Å²) in [5.41, 5.74) is 0.717. The predicted octanol–water partition coefficient (Wildman–Crippen LogP) is 3.29. The summed E-state index contributed by atoms with van der Waals surface area (Å²) < 4.78 is 27.0. The molecule has 18 heavy (non-hydrogen) atoms. The van der Waals surface area contributed by atoms with Gasteiger partial charge in [-0.1, -0.05) is 12.8 Å². The lowest BCUT2D eigenvalue weighted by atomic mass is 9.66. The van der Waals surface area contributed by atoms with Gasteiger partial charge in [0.05, 0.1) is 0 Å². The van der Waals surface area contributed by atoms with Gasteiger partial charge in [-0.15, -0.1) is 0 Å². The van der Waals surface area contributed by atoms with Gasteiger partial charge in [-0.3, -0.25) is 0 Å². The summed E-state index contributed by atoms with van der Waals surface area (Å²) in [4.78, 5) is 0. The van der Waals surface area contributed by atoms with E-state index in [4.69, 9.17) is 0 Å². The zero-order valence-corrected chi connectivity index (χ0v) is 10.5. The molecule has 0 aromatic heterocycles. The van der Waals surface area contributed by atoms with Crippen LogP contribution in [0.2, 0.25) is 0 Å². The molecule has 1 aromatic carbocycles. The molecule has 3 rings (SSSR count). The normalized spacial score (nSPS) is 23.0. The quantitative estimate of drug-likeness (QED) is 0.869. The molecule has 0 atom stereocenters. The van der Waals surface area contributed by atoms with Gasteiger partial charge in [-0.25, -0.2) is 8.78 Å². The summed E-state index contributed by atoms with van der Waals surface area (Å²) in [5.74, 6) is 0.0855. The van der Waals surface area contributed by atoms with E-state index in [0.717, 1.165) is 13.1 Å². The van der Waals surface area contributed by atoms with Crippen LogP contribution in [0.25, 0.3) is 0 Å². The van der Waals surface area contributed by atoms with Crippen LogP contribution >= 0.6 is 0 Å². The van der Waals surface area contributed by atoms with Gasteiger partial charge < -0.3 is 5.32 Å². The molecule has 0 spiro atoms. The van der Waals surface area contributed by atoms with Gasteiger partial charge >= 0.3 is 0 Å². The van der Waals surface area contributed by atoms with E-state index in [1.54, 1.807) is 0 Å². The molecule has 2 aliphatic rings. The van der Waals surface area contributed by atoms with Crippen LogP contribution in [0.1, 0.15) is 31.2 Å². The molecule has 1 aliphatic heterocycles. The van der Waals surface area contributed by atoms with E-state index in [1.807, 2.05) is 0 Å². The molecule has 0 bridgehead atoms. The Morgan fingerprint density at radius 1 is 1.17 bits per heavy atom. The molecule has 1 nitrogen and oxygen atoms in total. The molecule has 3 heteroatoms. The Balaban J connectivity index is 1.82. The SMILES string of the molecule is Fc1ccc(F)c(CC2(C3CCCC3)CNC2)c1. The van der Waals surface area contributed by atoms with E-state index in [1.165, 1.54) is 43.9 Å². The van der Waals surface area contributed by atoms with Gasteiger partial charge in [0.1, 0.15) is 11.6 Å². The van der Waals surface area contributed by atoms with Crippen LogP contribution in [-0.2, 0) is 6.42 Å². The van der Waals surface area contributed by atoms with Crippen LogP contribution in [0.5, 0.6) is 0 Å². The first kappa shape index (κ1) is 12.1. The van der Waals surface area contributed by atoms with Crippen molar-refractivity contribution in [2.24, 2.45) is 11.3 Å². The van der Waals surface area contributed by atoms with Crippen molar-refractivity contribution in [1.82, 2.24) is 5.32 Å². The minimum atomic E-state index is -0.333. The highest BCUT2D eigenvalue weighted by Crippen LogP contribution is 2.45. The Morgan fingerprint density at radius 2 is 1.89 bits per heavy atom. The van der Waals surface area contributed by atoms with Crippen molar-refractivity contribution < 1.29 is 8.78 Å². The summed E-state index contributed by atoms with van der Waals surface area (Å²) in [7, 11) is 0. The number of benzene rings is 1. The summed E-state index contributed by atoms with van der Waals surface area (Å²) in [6.45, 7) is 1.90. The number of nitrogens with one attached hydrogen (secondary N) is 1. The molecule has 1 heterocycles. The van der Waals surface area contributed by atoms with Crippen LogP contribution in [0, 0.1) is 23.0 Å². The van der Waals surface area contributed by atoms with E-state index in [2.05, 4.69) is 5.32 Å². The Morgan fingerprint density at radius 3 is 2.50 bits per heavy atom. The van der Waals surface area contributed by atoms with E-state index >= 15 is 0 Å². The average Bonchev–Trinajstić information content (AvgIpc) is 2.82. The first-order valence-electron chi connectivity index (χ1n) is 6.84. The zero-order valence-electron chi connectivity index (χ0n) is 10.5. The standard InChI is InChI=1S/C15H19F2N/c16-13-5-6-14(17)11(7-13)8-15(9-18-10-15)12-3-1-2-4-12/h5-7,12,18H,1-4,8-10H2. The van der Waals surface area contributed by atoms with Gasteiger partial charge in [-0.2, -0.15) is 0 Å². The summed E-state index contributed by atoms with van der Waals surface area (Å²) in [6, 6.07) is 3.81. The van der Waals surface area contributed by atoms with Crippen molar-refractivity contribution >= 4 is 0 Å². The molecular formula is C15H19F2N. The van der Waals surface area contributed by atoms with Crippen molar-refractivity contribution in [2.75, 3.05) is 13.1 Å². The average molecular weight is 251 g/mol. The molecule has 1 saturated carbocycles. The van der Waals surface area contributed by atoms with Crippen molar-refractivity contribution in [1.29, 1.82) is 0 Å². The first-order valence-corrected chi connectivity index (χ1v) is 6.84. The monoisotopic (exact) mass is 251 g/mol. The second-order valence-electron chi connectivity index (χ2n) is 5.86. The lowest BCUT2D eigenvalue weighted by molar-refractivity contribution is 0.0800. The first-order chi connectivity index (χ1) is 8.70. The Labute approximate surface area is 107 Å². The van der Waals surface area contributed by atoms with Gasteiger partial charge in [0.25, 0.3) is 0 Å². The van der Waals surface area contributed by atoms with Crippen LogP contribution in [-0.4, -0.2) is 13.1 Å². The van der Waals surface area contributed by atoms with Crippen molar-refractivity contribution in [3.63, 3.8) is 0 Å². The molecule has 0 radical (unpaired) electrons. The highest BCUT2D eigenvalue weighted by Gasteiger charge is 2.45. The predicted molar refractivity (Wildman–Crippen MR) is 67.3 cm³/mol. The lowest BCUT2D eigenvalue weighted by Crippen LogP contribution is -2.58. The molecular weight excluding hydrogens is 232 g/mol. The molecule has 1 saturated heterocycles. The molecule has 1 aliphatic carbocycles. The third-order valence-electron chi connectivity index (χ3n) is 4.73. The lowest BCUT2D eigenvalue weighted by Gasteiger charge is -2.47. The third kappa shape index (κ3) is 2.05. The second-order valence-corrected chi connectivity index (χ2v) is 5.86. The molecule has 0 amide bonds. The Kier molecular flexibility index (Phi) is 3.10. The van der Waals surface area contributed by atoms with Gasteiger partial charge in [0, 0.05) is 18.5 Å². The Hall–Kier alpha value is -0.960. The van der Waals surface area contributed by atoms with E-state index in [9.17, 15) is 8.78 Å². The van der Waals surface area contributed by atoms with E-state index in [0.29, 0.717) is 17.9 Å². The molecule has 1 aromatic rings. The number of rotatable bonds is 3. The van der Waals surface area contributed by atoms with Gasteiger partial charge in [0.15, 0.2) is 0 Å². The van der Waals surface area contributed by atoms with Crippen molar-refractivity contribution in [3.05, 3.63) is 35.4 Å². The van der Waals surface area contributed by atoms with Crippen LogP contribution in [0.15, 0.2) is 18.2 Å². The Bertz CT molecular complexity index is 434.